The van der Waals surface area contributed by atoms with E-state index in [1.54, 1.807) is 24.3 Å². The fourth-order valence-corrected chi connectivity index (χ4v) is 2.27. The molecular formula is C16H14F3N3O4. The van der Waals surface area contributed by atoms with Gasteiger partial charge in [-0.3, -0.25) is 10.1 Å². The van der Waals surface area contributed by atoms with E-state index in [0.717, 1.165) is 6.07 Å². The molecule has 2 aromatic rings. The Morgan fingerprint density at radius 2 is 1.85 bits per heavy atom. The van der Waals surface area contributed by atoms with Crippen LogP contribution in [-0.2, 0) is 12.6 Å². The first kappa shape index (κ1) is 19.2. The quantitative estimate of drug-likeness (QED) is 0.551. The second kappa shape index (κ2) is 7.83. The van der Waals surface area contributed by atoms with Gasteiger partial charge < -0.3 is 15.7 Å². The average Bonchev–Trinajstić information content (AvgIpc) is 2.55. The van der Waals surface area contributed by atoms with Crippen molar-refractivity contribution >= 4 is 23.1 Å². The summed E-state index contributed by atoms with van der Waals surface area (Å²) < 4.78 is 38.9. The van der Waals surface area contributed by atoms with Crippen molar-refractivity contribution < 1.29 is 28.0 Å². The largest absolute Gasteiger partial charge is 0.423 e. The summed E-state index contributed by atoms with van der Waals surface area (Å²) >= 11 is 0. The molecule has 7 nitrogen and oxygen atoms in total. The molecule has 0 fully saturated rings. The lowest BCUT2D eigenvalue weighted by Gasteiger charge is -2.13. The number of nitrogens with one attached hydrogen (secondary N) is 2. The first-order valence-corrected chi connectivity index (χ1v) is 7.34. The number of benzene rings is 2. The molecule has 0 aliphatic rings. The summed E-state index contributed by atoms with van der Waals surface area (Å²) in [5.74, 6) is 0. The van der Waals surface area contributed by atoms with Gasteiger partial charge in [0, 0.05) is 24.0 Å². The normalized spacial score (nSPS) is 11.1. The van der Waals surface area contributed by atoms with Crippen molar-refractivity contribution in [1.82, 2.24) is 0 Å². The predicted molar refractivity (Wildman–Crippen MR) is 88.0 cm³/mol. The van der Waals surface area contributed by atoms with Crippen LogP contribution in [0.5, 0.6) is 0 Å². The number of rotatable bonds is 5. The van der Waals surface area contributed by atoms with Gasteiger partial charge in [-0.25, -0.2) is 4.79 Å². The van der Waals surface area contributed by atoms with Crippen molar-refractivity contribution in [3.05, 3.63) is 63.7 Å². The van der Waals surface area contributed by atoms with E-state index in [4.69, 9.17) is 5.11 Å². The van der Waals surface area contributed by atoms with Crippen LogP contribution in [-0.4, -0.2) is 22.7 Å². The van der Waals surface area contributed by atoms with E-state index in [9.17, 15) is 28.1 Å². The molecule has 0 aromatic heterocycles. The van der Waals surface area contributed by atoms with Gasteiger partial charge in [0.05, 0.1) is 4.92 Å². The van der Waals surface area contributed by atoms with E-state index in [2.05, 4.69) is 10.6 Å². The van der Waals surface area contributed by atoms with Crippen molar-refractivity contribution in [2.75, 3.05) is 17.2 Å². The summed E-state index contributed by atoms with van der Waals surface area (Å²) in [5, 5.41) is 24.4. The van der Waals surface area contributed by atoms with Crippen molar-refractivity contribution in [3.63, 3.8) is 0 Å². The fourth-order valence-electron chi connectivity index (χ4n) is 2.27. The highest BCUT2D eigenvalue weighted by Gasteiger charge is 2.38. The number of alkyl halides is 3. The molecule has 0 heterocycles. The van der Waals surface area contributed by atoms with E-state index in [1.807, 2.05) is 0 Å². The molecule has 2 aromatic carbocycles. The van der Waals surface area contributed by atoms with E-state index in [0.29, 0.717) is 23.4 Å². The molecular weight excluding hydrogens is 355 g/mol. The van der Waals surface area contributed by atoms with Crippen molar-refractivity contribution in [2.45, 2.75) is 12.6 Å². The summed E-state index contributed by atoms with van der Waals surface area (Å²) in [4.78, 5) is 21.6. The van der Waals surface area contributed by atoms with Gasteiger partial charge in [-0.15, -0.1) is 0 Å². The number of nitrogens with zero attached hydrogens (tertiary/aromatic N) is 1. The number of carbonyl (C=O) groups excluding carboxylic acids is 1. The summed E-state index contributed by atoms with van der Waals surface area (Å²) in [5.41, 5.74) is -1.78. The van der Waals surface area contributed by atoms with Crippen molar-refractivity contribution in [1.29, 1.82) is 0 Å². The molecule has 0 saturated carbocycles. The Morgan fingerprint density at radius 3 is 2.46 bits per heavy atom. The second-order valence-electron chi connectivity index (χ2n) is 5.20. The maximum atomic E-state index is 13.0. The topological polar surface area (TPSA) is 104 Å². The Kier molecular flexibility index (Phi) is 5.78. The Morgan fingerprint density at radius 1 is 1.15 bits per heavy atom. The number of halogens is 3. The maximum absolute atomic E-state index is 13.0. The molecule has 3 N–H and O–H groups in total. The number of amides is 2. The van der Waals surface area contributed by atoms with Crippen LogP contribution in [0.1, 0.15) is 11.1 Å². The third kappa shape index (κ3) is 4.70. The lowest BCUT2D eigenvalue weighted by Crippen LogP contribution is -2.21. The minimum Gasteiger partial charge on any atom is -0.396 e. The van der Waals surface area contributed by atoms with Crippen LogP contribution in [0.25, 0.3) is 0 Å². The molecule has 2 rings (SSSR count). The van der Waals surface area contributed by atoms with Crippen LogP contribution in [0, 0.1) is 10.1 Å². The van der Waals surface area contributed by atoms with Gasteiger partial charge in [0.2, 0.25) is 0 Å². The minimum absolute atomic E-state index is 0.141. The molecule has 2 amide bonds. The van der Waals surface area contributed by atoms with Gasteiger partial charge in [0.15, 0.2) is 0 Å². The molecule has 0 aliphatic heterocycles. The first-order valence-electron chi connectivity index (χ1n) is 7.34. The summed E-state index contributed by atoms with van der Waals surface area (Å²) in [6.07, 6.45) is -4.66. The highest BCUT2D eigenvalue weighted by atomic mass is 19.4. The Bertz CT molecular complexity index is 825. The van der Waals surface area contributed by atoms with Gasteiger partial charge in [-0.1, -0.05) is 18.2 Å². The van der Waals surface area contributed by atoms with Crippen LogP contribution >= 0.6 is 0 Å². The number of nitro groups is 1. The summed E-state index contributed by atoms with van der Waals surface area (Å²) in [6.45, 7) is -0.141. The van der Waals surface area contributed by atoms with Gasteiger partial charge in [0.25, 0.3) is 5.69 Å². The van der Waals surface area contributed by atoms with Gasteiger partial charge >= 0.3 is 12.2 Å². The summed E-state index contributed by atoms with van der Waals surface area (Å²) in [6, 6.07) is 7.96. The molecule has 0 unspecified atom stereocenters. The van der Waals surface area contributed by atoms with Crippen molar-refractivity contribution in [2.24, 2.45) is 0 Å². The van der Waals surface area contributed by atoms with Crippen LogP contribution in [0.4, 0.5) is 35.0 Å². The molecule has 0 aliphatic carbocycles. The van der Waals surface area contributed by atoms with Crippen LogP contribution < -0.4 is 10.6 Å². The molecule has 10 heteroatoms. The van der Waals surface area contributed by atoms with Crippen molar-refractivity contribution in [3.8, 4) is 0 Å². The van der Waals surface area contributed by atoms with E-state index in [-0.39, 0.29) is 18.7 Å². The zero-order chi connectivity index (χ0) is 19.3. The highest BCUT2D eigenvalue weighted by Crippen LogP contribution is 2.37. The van der Waals surface area contributed by atoms with E-state index < -0.39 is 28.4 Å². The number of aliphatic hydroxyl groups is 1. The Hall–Kier alpha value is -3.14. The minimum atomic E-state index is -4.94. The number of hydrogen-bond donors (Lipinski definition) is 3. The number of urea groups is 1. The second-order valence-corrected chi connectivity index (χ2v) is 5.20. The number of hydrogen-bond acceptors (Lipinski definition) is 4. The molecule has 0 spiro atoms. The predicted octanol–water partition coefficient (Wildman–Crippen LogP) is 3.79. The molecule has 0 bridgehead atoms. The highest BCUT2D eigenvalue weighted by molar-refractivity contribution is 6.00. The smallest absolute Gasteiger partial charge is 0.396 e. The molecule has 0 radical (unpaired) electrons. The van der Waals surface area contributed by atoms with Gasteiger partial charge in [0.1, 0.15) is 5.56 Å². The standard InChI is InChI=1S/C16H14F3N3O4/c17-16(18,19)12-9-11(5-6-14(12)22(25)26)20-15(24)21-13-4-2-1-3-10(13)7-8-23/h1-6,9,23H,7-8H2,(H2,20,21,24). The van der Waals surface area contributed by atoms with Crippen LogP contribution in [0.15, 0.2) is 42.5 Å². The van der Waals surface area contributed by atoms with E-state index >= 15 is 0 Å². The third-order valence-electron chi connectivity index (χ3n) is 3.40. The monoisotopic (exact) mass is 369 g/mol. The lowest BCUT2D eigenvalue weighted by molar-refractivity contribution is -0.388. The molecule has 0 saturated heterocycles. The SMILES string of the molecule is O=C(Nc1ccc([N+](=O)[O-])c(C(F)(F)F)c1)Nc1ccccc1CCO. The molecule has 138 valence electrons. The number of carbonyl (C=O) groups is 1. The lowest BCUT2D eigenvalue weighted by atomic mass is 10.1. The third-order valence-corrected chi connectivity index (χ3v) is 3.40. The number of anilines is 2. The zero-order valence-corrected chi connectivity index (χ0v) is 13.2. The number of nitro benzene ring substituents is 1. The molecule has 26 heavy (non-hydrogen) atoms. The Balaban J connectivity index is 2.21. The first-order chi connectivity index (χ1) is 12.2. The fraction of sp³-hybridized carbons (Fsp3) is 0.188. The van der Waals surface area contributed by atoms with E-state index in [1.165, 1.54) is 0 Å². The van der Waals surface area contributed by atoms with Gasteiger partial charge in [-0.2, -0.15) is 13.2 Å². The van der Waals surface area contributed by atoms with Crippen LogP contribution in [0.2, 0.25) is 0 Å². The molecule has 0 atom stereocenters. The summed E-state index contributed by atoms with van der Waals surface area (Å²) in [7, 11) is 0. The van der Waals surface area contributed by atoms with Crippen LogP contribution in [0.3, 0.4) is 0 Å². The van der Waals surface area contributed by atoms with Gasteiger partial charge in [-0.05, 0) is 30.2 Å². The Labute approximate surface area is 145 Å². The maximum Gasteiger partial charge on any atom is 0.423 e. The zero-order valence-electron chi connectivity index (χ0n) is 13.2. The average molecular weight is 369 g/mol. The number of para-hydroxylation sites is 1. The number of aliphatic hydroxyl groups excluding tert-OH is 1.